The van der Waals surface area contributed by atoms with Gasteiger partial charge in [0.15, 0.2) is 0 Å². The molecule has 14 heavy (non-hydrogen) atoms. The van der Waals surface area contributed by atoms with Gasteiger partial charge in [-0.3, -0.25) is 0 Å². The van der Waals surface area contributed by atoms with E-state index in [0.29, 0.717) is 0 Å². The second kappa shape index (κ2) is 3.76. The van der Waals surface area contributed by atoms with E-state index in [1.165, 1.54) is 6.07 Å². The summed E-state index contributed by atoms with van der Waals surface area (Å²) >= 11 is 5.65. The van der Waals surface area contributed by atoms with Gasteiger partial charge in [0.2, 0.25) is 0 Å². The van der Waals surface area contributed by atoms with Crippen LogP contribution in [0.5, 0.6) is 0 Å². The fourth-order valence-electron chi connectivity index (χ4n) is 1.14. The SMILES string of the molecule is Fc1ccc(-c2ccc[c]n2)cc1Cl. The van der Waals surface area contributed by atoms with E-state index in [4.69, 9.17) is 11.6 Å². The number of benzene rings is 1. The molecule has 3 heteroatoms. The maximum Gasteiger partial charge on any atom is 0.141 e. The highest BCUT2D eigenvalue weighted by Gasteiger charge is 2.02. The standard InChI is InChI=1S/C11H6ClFN/c12-9-7-8(4-5-10(9)13)11-3-1-2-6-14-11/h1-5,7H. The Morgan fingerprint density at radius 1 is 1.29 bits per heavy atom. The normalized spacial score (nSPS) is 10.1. The first-order chi connectivity index (χ1) is 6.77. The van der Waals surface area contributed by atoms with Crippen molar-refractivity contribution in [3.63, 3.8) is 0 Å². The van der Waals surface area contributed by atoms with Gasteiger partial charge >= 0.3 is 0 Å². The van der Waals surface area contributed by atoms with Crippen LogP contribution >= 0.6 is 11.6 Å². The molecular weight excluding hydrogens is 201 g/mol. The van der Waals surface area contributed by atoms with Crippen molar-refractivity contribution >= 4 is 11.6 Å². The Kier molecular flexibility index (Phi) is 2.46. The van der Waals surface area contributed by atoms with Crippen LogP contribution < -0.4 is 0 Å². The second-order valence-corrected chi connectivity index (χ2v) is 3.19. The summed E-state index contributed by atoms with van der Waals surface area (Å²) in [6, 6.07) is 9.85. The Morgan fingerprint density at radius 2 is 2.14 bits per heavy atom. The van der Waals surface area contributed by atoms with Crippen LogP contribution in [0, 0.1) is 12.0 Å². The molecule has 1 heterocycles. The molecule has 0 aliphatic rings. The molecule has 1 nitrogen and oxygen atoms in total. The highest BCUT2D eigenvalue weighted by molar-refractivity contribution is 6.31. The van der Waals surface area contributed by atoms with Gasteiger partial charge in [-0.25, -0.2) is 9.37 Å². The molecule has 0 aliphatic heterocycles. The highest BCUT2D eigenvalue weighted by atomic mass is 35.5. The zero-order valence-corrected chi connectivity index (χ0v) is 7.92. The van der Waals surface area contributed by atoms with Gasteiger partial charge in [-0.2, -0.15) is 0 Å². The average molecular weight is 207 g/mol. The molecule has 0 atom stereocenters. The molecule has 2 rings (SSSR count). The molecule has 0 unspecified atom stereocenters. The minimum Gasteiger partial charge on any atom is -0.246 e. The molecule has 0 saturated heterocycles. The molecule has 2 aromatic rings. The highest BCUT2D eigenvalue weighted by Crippen LogP contribution is 2.22. The fraction of sp³-hybridized carbons (Fsp3) is 0. The molecule has 0 fully saturated rings. The van der Waals surface area contributed by atoms with Gasteiger partial charge in [0.25, 0.3) is 0 Å². The van der Waals surface area contributed by atoms with Crippen LogP contribution in [0.2, 0.25) is 5.02 Å². The minimum absolute atomic E-state index is 0.105. The van der Waals surface area contributed by atoms with E-state index in [9.17, 15) is 4.39 Å². The molecular formula is C11H6ClFN. The van der Waals surface area contributed by atoms with Gasteiger partial charge in [-0.05, 0) is 30.3 Å². The first-order valence-electron chi connectivity index (χ1n) is 4.06. The van der Waals surface area contributed by atoms with E-state index in [-0.39, 0.29) is 5.02 Å². The van der Waals surface area contributed by atoms with E-state index in [1.807, 2.05) is 12.1 Å². The van der Waals surface area contributed by atoms with Gasteiger partial charge in [-0.15, -0.1) is 0 Å². The van der Waals surface area contributed by atoms with E-state index < -0.39 is 5.82 Å². The van der Waals surface area contributed by atoms with Crippen molar-refractivity contribution in [2.24, 2.45) is 0 Å². The van der Waals surface area contributed by atoms with Gasteiger partial charge in [0.05, 0.1) is 16.9 Å². The maximum absolute atomic E-state index is 12.9. The Bertz CT molecular complexity index is 442. The van der Waals surface area contributed by atoms with Crippen LogP contribution in [-0.4, -0.2) is 4.98 Å². The Balaban J connectivity index is 2.48. The van der Waals surface area contributed by atoms with E-state index in [0.717, 1.165) is 11.3 Å². The molecule has 69 valence electrons. The van der Waals surface area contributed by atoms with Crippen LogP contribution in [-0.2, 0) is 0 Å². The zero-order valence-electron chi connectivity index (χ0n) is 7.17. The lowest BCUT2D eigenvalue weighted by Crippen LogP contribution is -1.83. The Labute approximate surface area is 86.2 Å². The average Bonchev–Trinajstić information content (AvgIpc) is 2.23. The number of hydrogen-bond acceptors (Lipinski definition) is 1. The fourth-order valence-corrected chi connectivity index (χ4v) is 1.32. The summed E-state index contributed by atoms with van der Waals surface area (Å²) in [6.45, 7) is 0. The number of halogens is 2. The summed E-state index contributed by atoms with van der Waals surface area (Å²) in [4.78, 5) is 4.01. The van der Waals surface area contributed by atoms with Crippen molar-refractivity contribution in [3.8, 4) is 11.3 Å². The number of hydrogen-bond donors (Lipinski definition) is 0. The third-order valence-electron chi connectivity index (χ3n) is 1.83. The van der Waals surface area contributed by atoms with Gasteiger partial charge in [0, 0.05) is 5.56 Å². The van der Waals surface area contributed by atoms with E-state index in [1.54, 1.807) is 18.2 Å². The van der Waals surface area contributed by atoms with Crippen LogP contribution in [0.25, 0.3) is 11.3 Å². The number of rotatable bonds is 1. The number of aromatic nitrogens is 1. The lowest BCUT2D eigenvalue weighted by atomic mass is 10.1. The quantitative estimate of drug-likeness (QED) is 0.698. The first-order valence-corrected chi connectivity index (χ1v) is 4.44. The first kappa shape index (κ1) is 9.16. The molecule has 0 aliphatic carbocycles. The number of nitrogens with zero attached hydrogens (tertiary/aromatic N) is 1. The second-order valence-electron chi connectivity index (χ2n) is 2.78. The largest absolute Gasteiger partial charge is 0.246 e. The molecule has 0 saturated carbocycles. The Hall–Kier alpha value is -1.41. The number of pyridine rings is 1. The predicted octanol–water partition coefficient (Wildman–Crippen LogP) is 3.34. The van der Waals surface area contributed by atoms with Crippen LogP contribution in [0.3, 0.4) is 0 Å². The molecule has 0 spiro atoms. The molecule has 1 aromatic carbocycles. The van der Waals surface area contributed by atoms with Crippen molar-refractivity contribution in [1.82, 2.24) is 4.98 Å². The van der Waals surface area contributed by atoms with Gasteiger partial charge in [0.1, 0.15) is 5.82 Å². The van der Waals surface area contributed by atoms with E-state index >= 15 is 0 Å². The van der Waals surface area contributed by atoms with Crippen LogP contribution in [0.4, 0.5) is 4.39 Å². The third-order valence-corrected chi connectivity index (χ3v) is 2.11. The van der Waals surface area contributed by atoms with Crippen molar-refractivity contribution in [2.75, 3.05) is 0 Å². The van der Waals surface area contributed by atoms with Gasteiger partial charge in [-0.1, -0.05) is 17.7 Å². The molecule has 1 radical (unpaired) electrons. The molecule has 0 N–H and O–H groups in total. The predicted molar refractivity (Wildman–Crippen MR) is 53.5 cm³/mol. The molecule has 0 bridgehead atoms. The smallest absolute Gasteiger partial charge is 0.141 e. The maximum atomic E-state index is 12.9. The van der Waals surface area contributed by atoms with Crippen LogP contribution in [0.1, 0.15) is 0 Å². The van der Waals surface area contributed by atoms with Crippen molar-refractivity contribution < 1.29 is 4.39 Å². The summed E-state index contributed by atoms with van der Waals surface area (Å²) in [5.41, 5.74) is 1.52. The topological polar surface area (TPSA) is 12.9 Å². The zero-order chi connectivity index (χ0) is 9.97. The van der Waals surface area contributed by atoms with Crippen molar-refractivity contribution in [1.29, 1.82) is 0 Å². The monoisotopic (exact) mass is 206 g/mol. The van der Waals surface area contributed by atoms with Crippen molar-refractivity contribution in [2.45, 2.75) is 0 Å². The van der Waals surface area contributed by atoms with Crippen molar-refractivity contribution in [3.05, 3.63) is 53.4 Å². The summed E-state index contributed by atoms with van der Waals surface area (Å²) in [5, 5.41) is 0.105. The lowest BCUT2D eigenvalue weighted by molar-refractivity contribution is 0.628. The van der Waals surface area contributed by atoms with E-state index in [2.05, 4.69) is 11.2 Å². The summed E-state index contributed by atoms with van der Waals surface area (Å²) in [7, 11) is 0. The lowest BCUT2D eigenvalue weighted by Gasteiger charge is -2.00. The van der Waals surface area contributed by atoms with Gasteiger partial charge < -0.3 is 0 Å². The van der Waals surface area contributed by atoms with Crippen LogP contribution in [0.15, 0.2) is 36.4 Å². The summed E-state index contributed by atoms with van der Waals surface area (Å²) in [5.74, 6) is -0.421. The summed E-state index contributed by atoms with van der Waals surface area (Å²) in [6.07, 6.45) is 2.71. The molecule has 1 aromatic heterocycles. The minimum atomic E-state index is -0.421. The summed E-state index contributed by atoms with van der Waals surface area (Å²) < 4.78 is 12.9. The Morgan fingerprint density at radius 3 is 2.79 bits per heavy atom. The molecule has 0 amide bonds. The third kappa shape index (κ3) is 1.75.